The Labute approximate surface area is 183 Å². The summed E-state index contributed by atoms with van der Waals surface area (Å²) in [5.74, 6) is 0.346. The van der Waals surface area contributed by atoms with Gasteiger partial charge in [0.15, 0.2) is 0 Å². The van der Waals surface area contributed by atoms with Gasteiger partial charge in [0, 0.05) is 25.2 Å². The summed E-state index contributed by atoms with van der Waals surface area (Å²) in [6.07, 6.45) is 2.49. The Kier molecular flexibility index (Phi) is 5.02. The van der Waals surface area contributed by atoms with Gasteiger partial charge in [-0.3, -0.25) is 4.57 Å². The zero-order chi connectivity index (χ0) is 22.3. The summed E-state index contributed by atoms with van der Waals surface area (Å²) in [6.45, 7) is 0.631. The Morgan fingerprint density at radius 2 is 1.91 bits per heavy atom. The quantitative estimate of drug-likeness (QED) is 0.481. The van der Waals surface area contributed by atoms with Gasteiger partial charge in [0.25, 0.3) is 0 Å². The molecule has 0 unspecified atom stereocenters. The van der Waals surface area contributed by atoms with Crippen molar-refractivity contribution in [3.8, 4) is 11.4 Å². The van der Waals surface area contributed by atoms with E-state index in [1.165, 1.54) is 34.6 Å². The molecule has 2 aromatic heterocycles. The highest BCUT2D eigenvalue weighted by atomic mass is 32.2. The van der Waals surface area contributed by atoms with Crippen molar-refractivity contribution >= 4 is 21.1 Å². The maximum atomic E-state index is 13.3. The smallest absolute Gasteiger partial charge is 0.326 e. The fourth-order valence-electron chi connectivity index (χ4n) is 4.21. The number of aromatic amines is 1. The number of imidazole rings is 1. The summed E-state index contributed by atoms with van der Waals surface area (Å²) in [5, 5.41) is 11.0. The van der Waals surface area contributed by atoms with E-state index in [1.54, 1.807) is 10.6 Å². The lowest BCUT2D eigenvalue weighted by atomic mass is 10.1. The van der Waals surface area contributed by atoms with Gasteiger partial charge in [-0.25, -0.2) is 13.2 Å². The van der Waals surface area contributed by atoms with Crippen molar-refractivity contribution in [2.45, 2.75) is 23.8 Å². The van der Waals surface area contributed by atoms with E-state index in [-0.39, 0.29) is 16.6 Å². The number of sulfonamides is 1. The number of hydrogen-bond acceptors (Lipinski definition) is 7. The minimum absolute atomic E-state index is 0.0678. The molecule has 166 valence electrons. The molecule has 12 heteroatoms. The van der Waals surface area contributed by atoms with Gasteiger partial charge in [-0.05, 0) is 47.5 Å². The van der Waals surface area contributed by atoms with Crippen LogP contribution in [-0.4, -0.2) is 62.7 Å². The number of ether oxygens (including phenoxy) is 1. The number of hydrogen-bond donors (Lipinski definition) is 1. The van der Waals surface area contributed by atoms with E-state index in [0.29, 0.717) is 37.4 Å². The Hall–Kier alpha value is -3.51. The number of piperidine rings is 1. The number of nitrogens with one attached hydrogen (secondary N) is 1. The largest absolute Gasteiger partial charge is 0.494 e. The molecule has 1 aliphatic rings. The molecule has 1 aliphatic heterocycles. The Bertz CT molecular complexity index is 1420. The van der Waals surface area contributed by atoms with Gasteiger partial charge < -0.3 is 9.72 Å². The fourth-order valence-corrected chi connectivity index (χ4v) is 5.69. The standard InChI is InChI=1S/C20H21N7O4S/c1-31-19-12-15(6-7-18(19)26-13-21-23-24-26)32(29,30)25-10-8-14(9-11-25)27-17-5-3-2-4-16(17)22-20(27)28/h2-7,12-14H,8-11H2,1H3,(H,22,28). The molecule has 0 bridgehead atoms. The fraction of sp³-hybridized carbons (Fsp3) is 0.300. The molecule has 32 heavy (non-hydrogen) atoms. The van der Waals surface area contributed by atoms with Crippen molar-refractivity contribution in [2.24, 2.45) is 0 Å². The van der Waals surface area contributed by atoms with E-state index in [9.17, 15) is 13.2 Å². The number of methoxy groups -OCH3 is 1. The number of tetrazole rings is 1. The van der Waals surface area contributed by atoms with E-state index >= 15 is 0 Å². The number of fused-ring (bicyclic) bond motifs is 1. The second-order valence-corrected chi connectivity index (χ2v) is 9.48. The van der Waals surface area contributed by atoms with Gasteiger partial charge in [-0.15, -0.1) is 5.10 Å². The Morgan fingerprint density at radius 1 is 1.12 bits per heavy atom. The highest BCUT2D eigenvalue weighted by Crippen LogP contribution is 2.31. The van der Waals surface area contributed by atoms with Gasteiger partial charge >= 0.3 is 5.69 Å². The third-order valence-electron chi connectivity index (χ3n) is 5.80. The number of nitrogens with zero attached hydrogens (tertiary/aromatic N) is 6. The average Bonchev–Trinajstić information content (AvgIpc) is 3.46. The predicted octanol–water partition coefficient (Wildman–Crippen LogP) is 1.34. The molecule has 1 N–H and O–H groups in total. The monoisotopic (exact) mass is 455 g/mol. The highest BCUT2D eigenvalue weighted by Gasteiger charge is 2.31. The maximum Gasteiger partial charge on any atom is 0.326 e. The number of para-hydroxylation sites is 2. The Morgan fingerprint density at radius 3 is 2.62 bits per heavy atom. The SMILES string of the molecule is COc1cc(S(=O)(=O)N2CCC(n3c(=O)[nH]c4ccccc43)CC2)ccc1-n1cnnn1. The minimum atomic E-state index is -3.73. The molecule has 11 nitrogen and oxygen atoms in total. The van der Waals surface area contributed by atoms with Crippen LogP contribution < -0.4 is 10.4 Å². The van der Waals surface area contributed by atoms with Crippen molar-refractivity contribution in [1.29, 1.82) is 0 Å². The molecule has 0 atom stereocenters. The van der Waals surface area contributed by atoms with Crippen LogP contribution in [-0.2, 0) is 10.0 Å². The lowest BCUT2D eigenvalue weighted by Crippen LogP contribution is -2.40. The van der Waals surface area contributed by atoms with E-state index in [0.717, 1.165) is 11.0 Å². The topological polar surface area (TPSA) is 128 Å². The molecule has 1 fully saturated rings. The molecule has 0 spiro atoms. The van der Waals surface area contributed by atoms with Gasteiger partial charge in [0.1, 0.15) is 17.8 Å². The Balaban J connectivity index is 1.38. The van der Waals surface area contributed by atoms with Gasteiger partial charge in [-0.2, -0.15) is 8.99 Å². The van der Waals surface area contributed by atoms with Crippen LogP contribution >= 0.6 is 0 Å². The molecule has 2 aromatic carbocycles. The molecule has 4 aromatic rings. The van der Waals surface area contributed by atoms with Gasteiger partial charge in [0.2, 0.25) is 10.0 Å². The number of aromatic nitrogens is 6. The number of H-pyrrole nitrogens is 1. The van der Waals surface area contributed by atoms with Crippen LogP contribution in [0.2, 0.25) is 0 Å². The average molecular weight is 456 g/mol. The molecule has 3 heterocycles. The van der Waals surface area contributed by atoms with Crippen molar-refractivity contribution < 1.29 is 13.2 Å². The molecule has 0 aliphatic carbocycles. The molecule has 0 radical (unpaired) electrons. The number of benzene rings is 2. The molecule has 0 saturated carbocycles. The van der Waals surface area contributed by atoms with Crippen LogP contribution in [0.15, 0.2) is 58.5 Å². The van der Waals surface area contributed by atoms with Crippen LogP contribution in [0, 0.1) is 0 Å². The first-order valence-electron chi connectivity index (χ1n) is 10.1. The van der Waals surface area contributed by atoms with Crippen molar-refractivity contribution in [2.75, 3.05) is 20.2 Å². The second-order valence-electron chi connectivity index (χ2n) is 7.54. The molecule has 1 saturated heterocycles. The lowest BCUT2D eigenvalue weighted by Gasteiger charge is -2.31. The van der Waals surface area contributed by atoms with Gasteiger partial charge in [-0.1, -0.05) is 12.1 Å². The highest BCUT2D eigenvalue weighted by molar-refractivity contribution is 7.89. The zero-order valence-corrected chi connectivity index (χ0v) is 18.1. The van der Waals surface area contributed by atoms with E-state index in [4.69, 9.17) is 4.74 Å². The van der Waals surface area contributed by atoms with Crippen LogP contribution in [0.1, 0.15) is 18.9 Å². The summed E-state index contributed by atoms with van der Waals surface area (Å²) in [5.41, 5.74) is 1.98. The van der Waals surface area contributed by atoms with Crippen molar-refractivity contribution in [3.05, 3.63) is 59.3 Å². The van der Waals surface area contributed by atoms with Crippen LogP contribution in [0.3, 0.4) is 0 Å². The normalized spacial score (nSPS) is 15.9. The van der Waals surface area contributed by atoms with Gasteiger partial charge in [0.05, 0.1) is 23.0 Å². The molecular weight excluding hydrogens is 434 g/mol. The summed E-state index contributed by atoms with van der Waals surface area (Å²) in [7, 11) is -2.27. The van der Waals surface area contributed by atoms with Crippen LogP contribution in [0.25, 0.3) is 16.7 Å². The van der Waals surface area contributed by atoms with E-state index < -0.39 is 10.0 Å². The molecule has 0 amide bonds. The lowest BCUT2D eigenvalue weighted by molar-refractivity contribution is 0.274. The second kappa shape index (κ2) is 7.88. The van der Waals surface area contributed by atoms with E-state index in [2.05, 4.69) is 20.5 Å². The summed E-state index contributed by atoms with van der Waals surface area (Å²) in [4.78, 5) is 15.5. The van der Waals surface area contributed by atoms with E-state index in [1.807, 2.05) is 24.3 Å². The molecule has 5 rings (SSSR count). The first-order valence-corrected chi connectivity index (χ1v) is 11.5. The van der Waals surface area contributed by atoms with Crippen molar-refractivity contribution in [1.82, 2.24) is 34.1 Å². The molecular formula is C20H21N7O4S. The number of rotatable bonds is 5. The minimum Gasteiger partial charge on any atom is -0.494 e. The summed E-state index contributed by atoms with van der Waals surface area (Å²) >= 11 is 0. The summed E-state index contributed by atoms with van der Waals surface area (Å²) in [6, 6.07) is 12.1. The van der Waals surface area contributed by atoms with Crippen LogP contribution in [0.5, 0.6) is 5.75 Å². The third kappa shape index (κ3) is 3.37. The van der Waals surface area contributed by atoms with Crippen molar-refractivity contribution in [3.63, 3.8) is 0 Å². The first-order chi connectivity index (χ1) is 15.5. The first kappa shape index (κ1) is 20.4. The predicted molar refractivity (Wildman–Crippen MR) is 115 cm³/mol. The maximum absolute atomic E-state index is 13.3. The van der Waals surface area contributed by atoms with Crippen LogP contribution in [0.4, 0.5) is 0 Å². The zero-order valence-electron chi connectivity index (χ0n) is 17.2. The summed E-state index contributed by atoms with van der Waals surface area (Å²) < 4.78 is 36.5. The third-order valence-corrected chi connectivity index (χ3v) is 7.69.